The minimum Gasteiger partial charge on any atom is -0.207 e. The van der Waals surface area contributed by atoms with Gasteiger partial charge in [-0.25, -0.2) is 4.39 Å². The molecule has 0 aliphatic heterocycles. The minimum atomic E-state index is -0.230. The molecule has 0 heterocycles. The van der Waals surface area contributed by atoms with Gasteiger partial charge >= 0.3 is 0 Å². The molecule has 0 aliphatic carbocycles. The first kappa shape index (κ1) is 11.2. The van der Waals surface area contributed by atoms with Crippen LogP contribution < -0.4 is 0 Å². The Morgan fingerprint density at radius 2 is 1.65 bits per heavy atom. The summed E-state index contributed by atoms with van der Waals surface area (Å²) in [5, 5.41) is 0. The average Bonchev–Trinajstić information content (AvgIpc) is 2.38. The van der Waals surface area contributed by atoms with E-state index in [1.165, 1.54) is 12.1 Å². The first-order valence-corrected chi connectivity index (χ1v) is 5.29. The molecule has 0 radical (unpaired) electrons. The number of benzene rings is 2. The summed E-state index contributed by atoms with van der Waals surface area (Å²) in [5.74, 6) is 2.40. The van der Waals surface area contributed by atoms with Crippen LogP contribution in [-0.2, 0) is 0 Å². The summed E-state index contributed by atoms with van der Waals surface area (Å²) in [5.41, 5.74) is 2.78. The fourth-order valence-electron chi connectivity index (χ4n) is 1.53. The van der Waals surface area contributed by atoms with Crippen molar-refractivity contribution in [3.8, 4) is 12.3 Å². The van der Waals surface area contributed by atoms with Crippen molar-refractivity contribution < 1.29 is 4.39 Å². The van der Waals surface area contributed by atoms with E-state index in [-0.39, 0.29) is 5.82 Å². The molecular formula is C16H11F. The highest BCUT2D eigenvalue weighted by Gasteiger charge is 1.94. The molecule has 0 amide bonds. The Balaban J connectivity index is 2.26. The summed E-state index contributed by atoms with van der Waals surface area (Å²) in [6.45, 7) is 0. The lowest BCUT2D eigenvalue weighted by atomic mass is 10.1. The fraction of sp³-hybridized carbons (Fsp3) is 0. The van der Waals surface area contributed by atoms with Crippen LogP contribution in [0.3, 0.4) is 0 Å². The number of halogens is 1. The van der Waals surface area contributed by atoms with Crippen LogP contribution in [0.4, 0.5) is 4.39 Å². The number of terminal acetylenes is 1. The molecule has 1 heteroatoms. The third-order valence-electron chi connectivity index (χ3n) is 2.44. The summed E-state index contributed by atoms with van der Waals surface area (Å²) in [7, 11) is 0. The predicted octanol–water partition coefficient (Wildman–Crippen LogP) is 3.98. The van der Waals surface area contributed by atoms with E-state index in [9.17, 15) is 4.39 Å². The van der Waals surface area contributed by atoms with Gasteiger partial charge in [-0.3, -0.25) is 0 Å². The number of rotatable bonds is 2. The molecule has 0 saturated carbocycles. The Morgan fingerprint density at radius 3 is 2.35 bits per heavy atom. The van der Waals surface area contributed by atoms with E-state index >= 15 is 0 Å². The van der Waals surface area contributed by atoms with Crippen LogP contribution >= 0.6 is 0 Å². The van der Waals surface area contributed by atoms with E-state index in [2.05, 4.69) is 5.92 Å². The maximum atomic E-state index is 12.7. The molecule has 0 aromatic heterocycles. The van der Waals surface area contributed by atoms with Gasteiger partial charge in [-0.2, -0.15) is 0 Å². The van der Waals surface area contributed by atoms with E-state index in [1.807, 2.05) is 36.4 Å². The second-order valence-electron chi connectivity index (χ2n) is 3.62. The van der Waals surface area contributed by atoms with E-state index < -0.39 is 0 Å². The van der Waals surface area contributed by atoms with Crippen LogP contribution in [0.15, 0.2) is 48.5 Å². The first-order chi connectivity index (χ1) is 8.29. The molecule has 0 fully saturated rings. The van der Waals surface area contributed by atoms with Gasteiger partial charge in [-0.15, -0.1) is 6.42 Å². The molecule has 0 bridgehead atoms. The Morgan fingerprint density at radius 1 is 0.941 bits per heavy atom. The van der Waals surface area contributed by atoms with Crippen molar-refractivity contribution >= 4 is 12.2 Å². The van der Waals surface area contributed by atoms with Gasteiger partial charge in [0.05, 0.1) is 0 Å². The summed E-state index contributed by atoms with van der Waals surface area (Å²) in [6.07, 6.45) is 9.25. The van der Waals surface area contributed by atoms with Gasteiger partial charge in [0, 0.05) is 5.56 Å². The average molecular weight is 222 g/mol. The predicted molar refractivity (Wildman–Crippen MR) is 69.7 cm³/mol. The van der Waals surface area contributed by atoms with Crippen LogP contribution in [0.1, 0.15) is 16.7 Å². The van der Waals surface area contributed by atoms with E-state index in [1.54, 1.807) is 12.1 Å². The van der Waals surface area contributed by atoms with Crippen LogP contribution in [0.5, 0.6) is 0 Å². The summed E-state index contributed by atoms with van der Waals surface area (Å²) in [4.78, 5) is 0. The highest BCUT2D eigenvalue weighted by Crippen LogP contribution is 2.12. The molecule has 2 rings (SSSR count). The Hall–Kier alpha value is -2.33. The molecule has 0 saturated heterocycles. The van der Waals surface area contributed by atoms with Crippen molar-refractivity contribution in [2.24, 2.45) is 0 Å². The maximum Gasteiger partial charge on any atom is 0.123 e. The van der Waals surface area contributed by atoms with Crippen LogP contribution in [0.25, 0.3) is 12.2 Å². The van der Waals surface area contributed by atoms with Crippen molar-refractivity contribution in [2.45, 2.75) is 0 Å². The molecule has 0 aliphatic rings. The van der Waals surface area contributed by atoms with Crippen molar-refractivity contribution in [2.75, 3.05) is 0 Å². The zero-order valence-electron chi connectivity index (χ0n) is 9.23. The van der Waals surface area contributed by atoms with E-state index in [4.69, 9.17) is 6.42 Å². The van der Waals surface area contributed by atoms with Crippen molar-refractivity contribution in [1.29, 1.82) is 0 Å². The van der Waals surface area contributed by atoms with Crippen LogP contribution in [0, 0.1) is 18.2 Å². The van der Waals surface area contributed by atoms with E-state index in [0.29, 0.717) is 0 Å². The number of hydrogen-bond acceptors (Lipinski definition) is 0. The standard InChI is InChI=1S/C16H11F/c1-2-14-5-3-4-6-15(14)10-7-13-8-11-16(17)12-9-13/h1,3-12H. The molecule has 0 N–H and O–H groups in total. The van der Waals surface area contributed by atoms with Crippen LogP contribution in [0.2, 0.25) is 0 Å². The third-order valence-corrected chi connectivity index (χ3v) is 2.44. The quantitative estimate of drug-likeness (QED) is 0.532. The normalized spacial score (nSPS) is 10.4. The summed E-state index contributed by atoms with van der Waals surface area (Å²) < 4.78 is 12.7. The maximum absolute atomic E-state index is 12.7. The van der Waals surface area contributed by atoms with Gasteiger partial charge in [0.15, 0.2) is 0 Å². The third kappa shape index (κ3) is 2.83. The lowest BCUT2D eigenvalue weighted by Crippen LogP contribution is -1.80. The first-order valence-electron chi connectivity index (χ1n) is 5.29. The Bertz CT molecular complexity index is 571. The monoisotopic (exact) mass is 222 g/mol. The zero-order chi connectivity index (χ0) is 12.1. The molecule has 2 aromatic rings. The highest BCUT2D eigenvalue weighted by molar-refractivity contribution is 5.72. The SMILES string of the molecule is C#Cc1ccccc1C=Cc1ccc(F)cc1. The molecule has 0 unspecified atom stereocenters. The Kier molecular flexibility index (Phi) is 3.37. The zero-order valence-corrected chi connectivity index (χ0v) is 9.23. The van der Waals surface area contributed by atoms with Crippen LogP contribution in [-0.4, -0.2) is 0 Å². The highest BCUT2D eigenvalue weighted by atomic mass is 19.1. The largest absolute Gasteiger partial charge is 0.207 e. The topological polar surface area (TPSA) is 0 Å². The molecule has 82 valence electrons. The lowest BCUT2D eigenvalue weighted by molar-refractivity contribution is 0.628. The molecule has 0 atom stereocenters. The molecular weight excluding hydrogens is 211 g/mol. The molecule has 2 aromatic carbocycles. The lowest BCUT2D eigenvalue weighted by Gasteiger charge is -1.98. The van der Waals surface area contributed by atoms with Gasteiger partial charge in [0.2, 0.25) is 0 Å². The van der Waals surface area contributed by atoms with Gasteiger partial charge < -0.3 is 0 Å². The molecule has 17 heavy (non-hydrogen) atoms. The number of hydrogen-bond donors (Lipinski definition) is 0. The summed E-state index contributed by atoms with van der Waals surface area (Å²) >= 11 is 0. The second kappa shape index (κ2) is 5.14. The Labute approximate surface area is 100 Å². The van der Waals surface area contributed by atoms with Crippen molar-refractivity contribution in [3.63, 3.8) is 0 Å². The summed E-state index contributed by atoms with van der Waals surface area (Å²) in [6, 6.07) is 14.0. The van der Waals surface area contributed by atoms with Gasteiger partial charge in [0.25, 0.3) is 0 Å². The van der Waals surface area contributed by atoms with Gasteiger partial charge in [-0.1, -0.05) is 48.4 Å². The van der Waals surface area contributed by atoms with Crippen molar-refractivity contribution in [1.82, 2.24) is 0 Å². The van der Waals surface area contributed by atoms with Crippen molar-refractivity contribution in [3.05, 3.63) is 71.0 Å². The second-order valence-corrected chi connectivity index (χ2v) is 3.62. The minimum absolute atomic E-state index is 0.230. The van der Waals surface area contributed by atoms with Gasteiger partial charge in [-0.05, 0) is 29.3 Å². The smallest absolute Gasteiger partial charge is 0.123 e. The van der Waals surface area contributed by atoms with E-state index in [0.717, 1.165) is 16.7 Å². The molecule has 0 spiro atoms. The van der Waals surface area contributed by atoms with Gasteiger partial charge in [0.1, 0.15) is 5.82 Å². The fourth-order valence-corrected chi connectivity index (χ4v) is 1.53. The molecule has 0 nitrogen and oxygen atoms in total.